The van der Waals surface area contributed by atoms with Crippen LogP contribution < -0.4 is 14.9 Å². The smallest absolute Gasteiger partial charge is 0.338 e. The van der Waals surface area contributed by atoms with E-state index in [1.54, 1.807) is 55.3 Å². The van der Waals surface area contributed by atoms with Crippen LogP contribution in [0.5, 0.6) is 0 Å². The minimum atomic E-state index is -0.656. The van der Waals surface area contributed by atoms with Gasteiger partial charge in [0.2, 0.25) is 0 Å². The maximum absolute atomic E-state index is 13.8. The molecule has 5 rings (SSSR count). The van der Waals surface area contributed by atoms with Crippen LogP contribution in [-0.4, -0.2) is 22.9 Å². The van der Waals surface area contributed by atoms with Crippen LogP contribution in [0.3, 0.4) is 0 Å². The van der Waals surface area contributed by atoms with Gasteiger partial charge in [-0.25, -0.2) is 9.79 Å². The summed E-state index contributed by atoms with van der Waals surface area (Å²) in [5.74, 6) is 0.728. The van der Waals surface area contributed by atoms with Gasteiger partial charge < -0.3 is 9.15 Å². The largest absolute Gasteiger partial charge is 0.459 e. The highest BCUT2D eigenvalue weighted by atomic mass is 35.5. The van der Waals surface area contributed by atoms with Crippen molar-refractivity contribution in [2.24, 2.45) is 4.99 Å². The number of furan rings is 1. The lowest BCUT2D eigenvalue weighted by molar-refractivity contribution is -0.143. The number of thiazole rings is 1. The lowest BCUT2D eigenvalue weighted by atomic mass is 9.96. The Hall–Kier alpha value is -3.33. The van der Waals surface area contributed by atoms with E-state index in [-0.39, 0.29) is 11.7 Å². The first-order chi connectivity index (χ1) is 18.2. The highest BCUT2D eigenvalue weighted by molar-refractivity contribution is 7.98. The molecule has 0 fully saturated rings. The number of ether oxygens (including phenoxy) is 1. The summed E-state index contributed by atoms with van der Waals surface area (Å²) in [4.78, 5) is 33.2. The molecule has 38 heavy (non-hydrogen) atoms. The zero-order valence-electron chi connectivity index (χ0n) is 21.2. The molecule has 3 heterocycles. The van der Waals surface area contributed by atoms with Gasteiger partial charge in [0.15, 0.2) is 4.80 Å². The van der Waals surface area contributed by atoms with Crippen molar-refractivity contribution in [1.82, 2.24) is 4.57 Å². The number of carbonyl (C=O) groups is 1. The van der Waals surface area contributed by atoms with Gasteiger partial charge in [-0.15, -0.1) is 11.8 Å². The second-order valence-electron chi connectivity index (χ2n) is 9.02. The Morgan fingerprint density at radius 3 is 2.50 bits per heavy atom. The Morgan fingerprint density at radius 2 is 1.84 bits per heavy atom. The van der Waals surface area contributed by atoms with Crippen LogP contribution in [0.2, 0.25) is 5.02 Å². The molecule has 2 aromatic carbocycles. The number of carbonyl (C=O) groups excluding carboxylic acids is 1. The van der Waals surface area contributed by atoms with Crippen molar-refractivity contribution in [2.75, 3.05) is 6.26 Å². The normalized spacial score (nSPS) is 15.5. The summed E-state index contributed by atoms with van der Waals surface area (Å²) in [5.41, 5.74) is 2.33. The van der Waals surface area contributed by atoms with Crippen LogP contribution in [-0.2, 0) is 9.53 Å². The van der Waals surface area contributed by atoms with E-state index in [0.29, 0.717) is 37.1 Å². The monoisotopic (exact) mass is 564 g/mol. The van der Waals surface area contributed by atoms with Crippen molar-refractivity contribution in [3.63, 3.8) is 0 Å². The van der Waals surface area contributed by atoms with Crippen molar-refractivity contribution in [3.05, 3.63) is 108 Å². The number of hydrogen-bond donors (Lipinski definition) is 0. The molecule has 0 N–H and O–H groups in total. The molecule has 194 valence electrons. The van der Waals surface area contributed by atoms with Gasteiger partial charge >= 0.3 is 5.97 Å². The van der Waals surface area contributed by atoms with Gasteiger partial charge in [-0.2, -0.15) is 0 Å². The Balaban J connectivity index is 1.62. The molecule has 1 atom stereocenters. The maximum Gasteiger partial charge on any atom is 0.338 e. The highest BCUT2D eigenvalue weighted by Crippen LogP contribution is 2.32. The zero-order valence-corrected chi connectivity index (χ0v) is 23.6. The standard InChI is InChI=1S/C29H25ClN2O4S2/c1-16(2)35-28(34)25-17(3)31-29-32(26(25)19-7-12-22(37-4)13-8-19)27(33)24(38-29)15-21-11-14-23(36-21)18-5-9-20(30)10-6-18/h5-16,26H,1-4H3. The number of benzene rings is 2. The van der Waals surface area contributed by atoms with Crippen molar-refractivity contribution < 1.29 is 13.9 Å². The molecular weight excluding hydrogens is 540 g/mol. The molecule has 9 heteroatoms. The third-order valence-electron chi connectivity index (χ3n) is 6.04. The molecular formula is C29H25ClN2O4S2. The first kappa shape index (κ1) is 26.3. The van der Waals surface area contributed by atoms with Crippen molar-refractivity contribution in [2.45, 2.75) is 37.8 Å². The molecule has 0 bridgehead atoms. The van der Waals surface area contributed by atoms with E-state index in [9.17, 15) is 9.59 Å². The van der Waals surface area contributed by atoms with E-state index in [1.807, 2.05) is 54.8 Å². The van der Waals surface area contributed by atoms with E-state index in [0.717, 1.165) is 16.0 Å². The summed E-state index contributed by atoms with van der Waals surface area (Å²) >= 11 is 8.89. The molecule has 1 aliphatic heterocycles. The lowest BCUT2D eigenvalue weighted by Crippen LogP contribution is -2.40. The van der Waals surface area contributed by atoms with Crippen LogP contribution in [0, 0.1) is 0 Å². The van der Waals surface area contributed by atoms with Crippen LogP contribution in [0.1, 0.15) is 38.1 Å². The molecule has 1 unspecified atom stereocenters. The first-order valence-corrected chi connectivity index (χ1v) is 14.4. The van der Waals surface area contributed by atoms with Crippen molar-refractivity contribution in [1.29, 1.82) is 0 Å². The number of hydrogen-bond acceptors (Lipinski definition) is 7. The summed E-state index contributed by atoms with van der Waals surface area (Å²) in [6.07, 6.45) is 3.41. The van der Waals surface area contributed by atoms with E-state index < -0.39 is 12.0 Å². The minimum Gasteiger partial charge on any atom is -0.459 e. The molecule has 4 aromatic rings. The molecule has 0 aliphatic carbocycles. The molecule has 0 saturated heterocycles. The van der Waals surface area contributed by atoms with Crippen LogP contribution >= 0.6 is 34.7 Å². The third kappa shape index (κ3) is 5.16. The van der Waals surface area contributed by atoms with E-state index >= 15 is 0 Å². The Kier molecular flexibility index (Phi) is 7.47. The Morgan fingerprint density at radius 1 is 1.13 bits per heavy atom. The van der Waals surface area contributed by atoms with Gasteiger partial charge in [-0.3, -0.25) is 9.36 Å². The molecule has 0 saturated carbocycles. The fraction of sp³-hybridized carbons (Fsp3) is 0.207. The molecule has 0 spiro atoms. The first-order valence-electron chi connectivity index (χ1n) is 12.0. The number of thioether (sulfide) groups is 1. The van der Waals surface area contributed by atoms with E-state index in [4.69, 9.17) is 20.8 Å². The van der Waals surface area contributed by atoms with Crippen LogP contribution in [0.15, 0.2) is 91.0 Å². The second kappa shape index (κ2) is 10.8. The Labute approximate surface area is 232 Å². The quantitative estimate of drug-likeness (QED) is 0.218. The van der Waals surface area contributed by atoms with Gasteiger partial charge in [0, 0.05) is 21.6 Å². The molecule has 6 nitrogen and oxygen atoms in total. The number of fused-ring (bicyclic) bond motifs is 1. The third-order valence-corrected chi connectivity index (χ3v) is 8.02. The number of aromatic nitrogens is 1. The predicted octanol–water partition coefficient (Wildman–Crippen LogP) is 5.82. The van der Waals surface area contributed by atoms with E-state index in [1.165, 1.54) is 11.3 Å². The Bertz CT molecular complexity index is 1710. The average Bonchev–Trinajstić information content (AvgIpc) is 3.47. The average molecular weight is 565 g/mol. The summed E-state index contributed by atoms with van der Waals surface area (Å²) in [7, 11) is 0. The van der Waals surface area contributed by atoms with Gasteiger partial charge in [0.05, 0.1) is 27.9 Å². The maximum atomic E-state index is 13.8. The number of esters is 1. The van der Waals surface area contributed by atoms with Gasteiger partial charge in [-0.05, 0) is 81.1 Å². The number of nitrogens with zero attached hydrogens (tertiary/aromatic N) is 2. The molecule has 1 aliphatic rings. The summed E-state index contributed by atoms with van der Waals surface area (Å²) in [6, 6.07) is 18.2. The van der Waals surface area contributed by atoms with Crippen molar-refractivity contribution >= 4 is 46.7 Å². The lowest BCUT2D eigenvalue weighted by Gasteiger charge is -2.25. The van der Waals surface area contributed by atoms with Gasteiger partial charge in [0.1, 0.15) is 11.5 Å². The number of rotatable bonds is 6. The summed E-state index contributed by atoms with van der Waals surface area (Å²) < 4.78 is 13.6. The van der Waals surface area contributed by atoms with Crippen molar-refractivity contribution in [3.8, 4) is 11.3 Å². The predicted molar refractivity (Wildman–Crippen MR) is 152 cm³/mol. The molecule has 0 amide bonds. The molecule has 2 aromatic heterocycles. The summed E-state index contributed by atoms with van der Waals surface area (Å²) in [5, 5.41) is 0.645. The summed E-state index contributed by atoms with van der Waals surface area (Å²) in [6.45, 7) is 5.38. The highest BCUT2D eigenvalue weighted by Gasteiger charge is 2.33. The van der Waals surface area contributed by atoms with E-state index in [2.05, 4.69) is 4.99 Å². The van der Waals surface area contributed by atoms with Gasteiger partial charge in [-0.1, -0.05) is 35.1 Å². The van der Waals surface area contributed by atoms with Gasteiger partial charge in [0.25, 0.3) is 5.56 Å². The topological polar surface area (TPSA) is 73.8 Å². The zero-order chi connectivity index (χ0) is 27.0. The number of halogens is 1. The van der Waals surface area contributed by atoms with Crippen LogP contribution in [0.4, 0.5) is 0 Å². The number of allylic oxidation sites excluding steroid dienone is 1. The SMILES string of the molecule is CSc1ccc(C2C(C(=O)OC(C)C)=C(C)N=c3sc(=Cc4ccc(-c5ccc(Cl)cc5)o4)c(=O)n32)cc1. The fourth-order valence-electron chi connectivity index (χ4n) is 4.29. The fourth-order valence-corrected chi connectivity index (χ4v) is 5.85. The second-order valence-corrected chi connectivity index (χ2v) is 11.3. The minimum absolute atomic E-state index is 0.250. The molecule has 0 radical (unpaired) electrons. The van der Waals surface area contributed by atoms with Crippen LogP contribution in [0.25, 0.3) is 17.4 Å².